The molecule has 10 nitrogen and oxygen atoms in total. The van der Waals surface area contributed by atoms with E-state index in [1.807, 2.05) is 47.0 Å². The number of aliphatic hydroxyl groups is 1. The van der Waals surface area contributed by atoms with Gasteiger partial charge in [-0.2, -0.15) is 0 Å². The Morgan fingerprint density at radius 1 is 1.19 bits per heavy atom. The van der Waals surface area contributed by atoms with Crippen LogP contribution in [0.3, 0.4) is 0 Å². The smallest absolute Gasteiger partial charge is 0.330 e. The van der Waals surface area contributed by atoms with Gasteiger partial charge in [0, 0.05) is 12.3 Å². The highest BCUT2D eigenvalue weighted by molar-refractivity contribution is 6.74. The zero-order valence-corrected chi connectivity index (χ0v) is 25.7. The third kappa shape index (κ3) is 5.89. The summed E-state index contributed by atoms with van der Waals surface area (Å²) in [5, 5.41) is 10.1. The highest BCUT2D eigenvalue weighted by atomic mass is 35.5. The monoisotopic (exact) mass is 563 g/mol. The SMILES string of the molecule is CC(C)(C)[Si](C)(C)OC[C@H]1O[C@@H](n2ccc(=O)[nH]c2=O)[C@H](O[Si](C)(C)C(C)(C)C)[C@]1(O)[C@H](Cl)C(N)=O. The molecule has 1 aromatic rings. The van der Waals surface area contributed by atoms with Gasteiger partial charge < -0.3 is 24.4 Å². The van der Waals surface area contributed by atoms with Crippen molar-refractivity contribution in [2.24, 2.45) is 5.73 Å². The molecule has 0 aromatic carbocycles. The molecule has 0 unspecified atom stereocenters. The van der Waals surface area contributed by atoms with Crippen LogP contribution in [0.1, 0.15) is 47.8 Å². The van der Waals surface area contributed by atoms with Crippen molar-refractivity contribution in [1.82, 2.24) is 9.55 Å². The first kappa shape index (κ1) is 30.9. The molecule has 0 spiro atoms. The molecule has 0 radical (unpaired) electrons. The fraction of sp³-hybridized carbons (Fsp3) is 0.783. The second-order valence-corrected chi connectivity index (χ2v) is 22.6. The lowest BCUT2D eigenvalue weighted by molar-refractivity contribution is -0.131. The molecular weight excluding hydrogens is 522 g/mol. The number of aromatic nitrogens is 2. The third-order valence-corrected chi connectivity index (χ3v) is 17.5. The molecule has 1 fully saturated rings. The number of alkyl halides is 1. The second-order valence-electron chi connectivity index (χ2n) is 12.6. The van der Waals surface area contributed by atoms with Crippen molar-refractivity contribution in [3.63, 3.8) is 0 Å². The fourth-order valence-electron chi connectivity index (χ4n) is 3.45. The first-order chi connectivity index (χ1) is 16.1. The largest absolute Gasteiger partial charge is 0.414 e. The van der Waals surface area contributed by atoms with Crippen LogP contribution in [-0.2, 0) is 18.4 Å². The van der Waals surface area contributed by atoms with Gasteiger partial charge in [-0.05, 0) is 36.3 Å². The average Bonchev–Trinajstić information content (AvgIpc) is 2.96. The van der Waals surface area contributed by atoms with E-state index < -0.39 is 63.2 Å². The fourth-order valence-corrected chi connectivity index (χ4v) is 6.01. The summed E-state index contributed by atoms with van der Waals surface area (Å²) in [7, 11) is -4.95. The summed E-state index contributed by atoms with van der Waals surface area (Å²) in [6.45, 7) is 20.2. The van der Waals surface area contributed by atoms with Crippen LogP contribution in [0.5, 0.6) is 0 Å². The molecule has 1 aliphatic rings. The number of H-pyrrole nitrogens is 1. The number of rotatable bonds is 8. The van der Waals surface area contributed by atoms with E-state index in [-0.39, 0.29) is 16.7 Å². The molecule has 2 heterocycles. The lowest BCUT2D eigenvalue weighted by Crippen LogP contribution is -2.63. The summed E-state index contributed by atoms with van der Waals surface area (Å²) in [6.07, 6.45) is -2.36. The molecule has 36 heavy (non-hydrogen) atoms. The van der Waals surface area contributed by atoms with Crippen LogP contribution < -0.4 is 17.0 Å². The zero-order chi connectivity index (χ0) is 28.1. The van der Waals surface area contributed by atoms with E-state index >= 15 is 0 Å². The molecule has 1 saturated heterocycles. The van der Waals surface area contributed by atoms with Gasteiger partial charge in [0.15, 0.2) is 22.9 Å². The molecule has 0 saturated carbocycles. The number of hydrogen-bond donors (Lipinski definition) is 3. The van der Waals surface area contributed by atoms with E-state index in [1.165, 1.54) is 12.3 Å². The molecule has 2 rings (SSSR count). The van der Waals surface area contributed by atoms with Gasteiger partial charge in [-0.3, -0.25) is 19.1 Å². The molecule has 1 aromatic heterocycles. The minimum atomic E-state index is -2.63. The van der Waals surface area contributed by atoms with Crippen LogP contribution >= 0.6 is 11.6 Å². The molecule has 1 amide bonds. The number of primary amides is 1. The van der Waals surface area contributed by atoms with E-state index in [2.05, 4.69) is 25.8 Å². The number of aromatic amines is 1. The average molecular weight is 564 g/mol. The summed E-state index contributed by atoms with van der Waals surface area (Å²) in [5.74, 6) is -0.960. The molecule has 13 heteroatoms. The number of carbonyl (C=O) groups is 1. The summed E-state index contributed by atoms with van der Waals surface area (Å²) >= 11 is 6.49. The third-order valence-electron chi connectivity index (χ3n) is 7.94. The summed E-state index contributed by atoms with van der Waals surface area (Å²) in [5.41, 5.74) is 2.11. The first-order valence-electron chi connectivity index (χ1n) is 12.0. The summed E-state index contributed by atoms with van der Waals surface area (Å²) < 4.78 is 20.3. The predicted octanol–water partition coefficient (Wildman–Crippen LogP) is 2.67. The summed E-state index contributed by atoms with van der Waals surface area (Å²) in [6, 6.07) is 1.17. The van der Waals surface area contributed by atoms with Gasteiger partial charge in [0.25, 0.3) is 5.56 Å². The van der Waals surface area contributed by atoms with Crippen molar-refractivity contribution >= 4 is 34.1 Å². The molecule has 0 bridgehead atoms. The van der Waals surface area contributed by atoms with Gasteiger partial charge in [0.1, 0.15) is 23.2 Å². The number of nitrogens with one attached hydrogen (secondary N) is 1. The van der Waals surface area contributed by atoms with Gasteiger partial charge in [-0.25, -0.2) is 4.79 Å². The van der Waals surface area contributed by atoms with E-state index in [0.717, 1.165) is 4.57 Å². The summed E-state index contributed by atoms with van der Waals surface area (Å²) in [4.78, 5) is 39.0. The topological polar surface area (TPSA) is 146 Å². The number of halogens is 1. The number of nitrogens with two attached hydrogens (primary N) is 1. The standard InChI is InChI=1S/C23H42ClN3O7Si2/c1-21(2,3)35(7,8)32-13-14-23(31,16(24)18(25)29)17(34-36(9,10)22(4,5)6)19(33-14)27-12-11-15(28)26-20(27)30/h11-12,14,16-17,19,31H,13H2,1-10H3,(H2,25,29)(H,26,28,30)/t14-,16-,17+,19-,23-/m1/s1. The van der Waals surface area contributed by atoms with Crippen molar-refractivity contribution in [3.05, 3.63) is 33.1 Å². The van der Waals surface area contributed by atoms with Gasteiger partial charge >= 0.3 is 5.69 Å². The van der Waals surface area contributed by atoms with Crippen LogP contribution in [-0.4, -0.2) is 67.0 Å². The Morgan fingerprint density at radius 2 is 1.72 bits per heavy atom. The highest BCUT2D eigenvalue weighted by Gasteiger charge is 2.64. The Kier molecular flexibility index (Phi) is 8.69. The van der Waals surface area contributed by atoms with Crippen LogP contribution in [0.2, 0.25) is 36.3 Å². The number of nitrogens with zero attached hydrogens (tertiary/aromatic N) is 1. The maximum atomic E-state index is 12.8. The highest BCUT2D eigenvalue weighted by Crippen LogP contribution is 2.48. The van der Waals surface area contributed by atoms with Crippen molar-refractivity contribution in [2.45, 2.75) is 107 Å². The lowest BCUT2D eigenvalue weighted by Gasteiger charge is -2.44. The Labute approximate surface area is 219 Å². The number of hydrogen-bond acceptors (Lipinski definition) is 7. The maximum Gasteiger partial charge on any atom is 0.330 e. The number of amides is 1. The minimum Gasteiger partial charge on any atom is -0.414 e. The van der Waals surface area contributed by atoms with E-state index in [1.54, 1.807) is 0 Å². The Bertz CT molecular complexity index is 1080. The predicted molar refractivity (Wildman–Crippen MR) is 144 cm³/mol. The van der Waals surface area contributed by atoms with Gasteiger partial charge in [-0.15, -0.1) is 11.6 Å². The number of carbonyl (C=O) groups excluding carboxylic acids is 1. The maximum absolute atomic E-state index is 12.8. The van der Waals surface area contributed by atoms with Crippen LogP contribution in [0.15, 0.2) is 21.9 Å². The van der Waals surface area contributed by atoms with Gasteiger partial charge in [0.05, 0.1) is 6.61 Å². The quantitative estimate of drug-likeness (QED) is 0.325. The molecule has 4 N–H and O–H groups in total. The number of ether oxygens (including phenoxy) is 1. The zero-order valence-electron chi connectivity index (χ0n) is 23.0. The molecule has 0 aliphatic carbocycles. The normalized spacial score (nSPS) is 26.7. The van der Waals surface area contributed by atoms with Crippen molar-refractivity contribution in [3.8, 4) is 0 Å². The second kappa shape index (κ2) is 10.1. The van der Waals surface area contributed by atoms with Crippen molar-refractivity contribution in [1.29, 1.82) is 0 Å². The van der Waals surface area contributed by atoms with Gasteiger partial charge in [-0.1, -0.05) is 41.5 Å². The Balaban J connectivity index is 2.69. The van der Waals surface area contributed by atoms with Crippen LogP contribution in [0.4, 0.5) is 0 Å². The van der Waals surface area contributed by atoms with Crippen molar-refractivity contribution < 1.29 is 23.5 Å². The van der Waals surface area contributed by atoms with Gasteiger partial charge in [0.2, 0.25) is 5.91 Å². The molecule has 1 aliphatic heterocycles. The Morgan fingerprint density at radius 3 is 2.17 bits per heavy atom. The van der Waals surface area contributed by atoms with Crippen molar-refractivity contribution in [2.75, 3.05) is 6.61 Å². The molecule has 5 atom stereocenters. The van der Waals surface area contributed by atoms with Crippen LogP contribution in [0.25, 0.3) is 0 Å². The Hall–Kier alpha value is -1.29. The molecule has 206 valence electrons. The molecular formula is C23H42ClN3O7Si2. The van der Waals surface area contributed by atoms with E-state index in [0.29, 0.717) is 0 Å². The van der Waals surface area contributed by atoms with E-state index in [4.69, 9.17) is 30.9 Å². The van der Waals surface area contributed by atoms with Crippen LogP contribution in [0, 0.1) is 0 Å². The first-order valence-corrected chi connectivity index (χ1v) is 18.3. The lowest BCUT2D eigenvalue weighted by atomic mass is 9.88. The minimum absolute atomic E-state index is 0.102. The van der Waals surface area contributed by atoms with E-state index in [9.17, 15) is 19.5 Å².